The lowest BCUT2D eigenvalue weighted by molar-refractivity contribution is -0.116. The SMILES string of the molecule is CC(C)(C)OC(=O)N1CCCC(CNC(=O)/C=C/c2cc(Br)ccc2F)C1. The van der Waals surface area contributed by atoms with E-state index in [1.165, 1.54) is 18.2 Å². The number of carbonyl (C=O) groups excluding carboxylic acids is 2. The molecular formula is C20H26BrFN2O3. The number of benzene rings is 1. The maximum atomic E-state index is 13.7. The third-order valence-electron chi connectivity index (χ3n) is 4.11. The molecule has 1 atom stereocenters. The first-order chi connectivity index (χ1) is 12.6. The normalized spacial score (nSPS) is 17.8. The fourth-order valence-corrected chi connectivity index (χ4v) is 3.21. The van der Waals surface area contributed by atoms with Crippen LogP contribution in [0.1, 0.15) is 39.2 Å². The van der Waals surface area contributed by atoms with Crippen molar-refractivity contribution < 1.29 is 18.7 Å². The number of amides is 2. The lowest BCUT2D eigenvalue weighted by Crippen LogP contribution is -2.45. The fraction of sp³-hybridized carbons (Fsp3) is 0.500. The molecule has 0 saturated carbocycles. The second kappa shape index (κ2) is 9.35. The predicted molar refractivity (Wildman–Crippen MR) is 107 cm³/mol. The standard InChI is InChI=1S/C20H26BrFN2O3/c1-20(2,3)27-19(26)24-10-4-5-14(13-24)12-23-18(25)9-6-15-11-16(21)7-8-17(15)22/h6-9,11,14H,4-5,10,12-13H2,1-3H3,(H,23,25)/b9-6+. The van der Waals surface area contributed by atoms with Gasteiger partial charge in [0.05, 0.1) is 0 Å². The summed E-state index contributed by atoms with van der Waals surface area (Å²) in [6.45, 7) is 7.21. The van der Waals surface area contributed by atoms with Gasteiger partial charge in [0.25, 0.3) is 0 Å². The number of nitrogens with one attached hydrogen (secondary N) is 1. The van der Waals surface area contributed by atoms with E-state index in [-0.39, 0.29) is 23.7 Å². The number of ether oxygens (including phenoxy) is 1. The number of likely N-dealkylation sites (tertiary alicyclic amines) is 1. The lowest BCUT2D eigenvalue weighted by Gasteiger charge is -2.34. The van der Waals surface area contributed by atoms with E-state index in [1.807, 2.05) is 20.8 Å². The molecule has 0 bridgehead atoms. The average Bonchev–Trinajstić information content (AvgIpc) is 2.59. The molecule has 2 amide bonds. The van der Waals surface area contributed by atoms with Crippen LogP contribution in [0.2, 0.25) is 0 Å². The maximum absolute atomic E-state index is 13.7. The monoisotopic (exact) mass is 440 g/mol. The van der Waals surface area contributed by atoms with E-state index in [0.717, 1.165) is 17.3 Å². The van der Waals surface area contributed by atoms with Crippen molar-refractivity contribution in [2.24, 2.45) is 5.92 Å². The number of carbonyl (C=O) groups is 2. The van der Waals surface area contributed by atoms with E-state index in [9.17, 15) is 14.0 Å². The molecule has 1 aliphatic heterocycles. The van der Waals surface area contributed by atoms with Crippen LogP contribution in [-0.2, 0) is 9.53 Å². The van der Waals surface area contributed by atoms with Gasteiger partial charge in [0, 0.05) is 35.7 Å². The van der Waals surface area contributed by atoms with E-state index >= 15 is 0 Å². The summed E-state index contributed by atoms with van der Waals surface area (Å²) in [5, 5.41) is 2.83. The average molecular weight is 441 g/mol. The molecule has 1 unspecified atom stereocenters. The van der Waals surface area contributed by atoms with Crippen LogP contribution in [0.3, 0.4) is 0 Å². The first kappa shape index (κ1) is 21.4. The fourth-order valence-electron chi connectivity index (χ4n) is 2.84. The number of piperidine rings is 1. The summed E-state index contributed by atoms with van der Waals surface area (Å²) in [4.78, 5) is 25.9. The zero-order chi connectivity index (χ0) is 20.0. The van der Waals surface area contributed by atoms with Crippen LogP contribution in [0, 0.1) is 11.7 Å². The van der Waals surface area contributed by atoms with E-state index in [0.29, 0.717) is 25.2 Å². The lowest BCUT2D eigenvalue weighted by atomic mass is 9.98. The Morgan fingerprint density at radius 3 is 2.85 bits per heavy atom. The molecule has 1 N–H and O–H groups in total. The summed E-state index contributed by atoms with van der Waals surface area (Å²) < 4.78 is 19.8. The molecule has 7 heteroatoms. The van der Waals surface area contributed by atoms with Gasteiger partial charge in [0.2, 0.25) is 5.91 Å². The minimum atomic E-state index is -0.523. The van der Waals surface area contributed by atoms with Crippen molar-refractivity contribution in [1.29, 1.82) is 0 Å². The Bertz CT molecular complexity index is 716. The highest BCUT2D eigenvalue weighted by molar-refractivity contribution is 9.10. The van der Waals surface area contributed by atoms with Gasteiger partial charge in [-0.3, -0.25) is 4.79 Å². The van der Waals surface area contributed by atoms with Gasteiger partial charge < -0.3 is 15.0 Å². The Labute approximate surface area is 168 Å². The van der Waals surface area contributed by atoms with Gasteiger partial charge in [-0.15, -0.1) is 0 Å². The van der Waals surface area contributed by atoms with Crippen molar-refractivity contribution in [1.82, 2.24) is 10.2 Å². The molecule has 0 spiro atoms. The van der Waals surface area contributed by atoms with Crippen molar-refractivity contribution in [2.75, 3.05) is 19.6 Å². The van der Waals surface area contributed by atoms with Gasteiger partial charge in [-0.2, -0.15) is 0 Å². The molecule has 148 valence electrons. The van der Waals surface area contributed by atoms with Gasteiger partial charge in [0.15, 0.2) is 0 Å². The van der Waals surface area contributed by atoms with E-state index < -0.39 is 5.60 Å². The molecule has 5 nitrogen and oxygen atoms in total. The van der Waals surface area contributed by atoms with Crippen LogP contribution in [0.4, 0.5) is 9.18 Å². The highest BCUT2D eigenvalue weighted by Crippen LogP contribution is 2.19. The first-order valence-corrected chi connectivity index (χ1v) is 9.82. The van der Waals surface area contributed by atoms with Crippen molar-refractivity contribution in [2.45, 2.75) is 39.2 Å². The van der Waals surface area contributed by atoms with Crippen LogP contribution >= 0.6 is 15.9 Å². The molecule has 2 rings (SSSR count). The quantitative estimate of drug-likeness (QED) is 0.707. The van der Waals surface area contributed by atoms with Crippen LogP contribution in [0.5, 0.6) is 0 Å². The van der Waals surface area contributed by atoms with Crippen molar-refractivity contribution >= 4 is 34.0 Å². The molecule has 1 aromatic carbocycles. The summed E-state index contributed by atoms with van der Waals surface area (Å²) in [7, 11) is 0. The predicted octanol–water partition coefficient (Wildman–Crippen LogP) is 4.36. The van der Waals surface area contributed by atoms with Gasteiger partial charge in [-0.1, -0.05) is 15.9 Å². The van der Waals surface area contributed by atoms with Crippen LogP contribution in [0.15, 0.2) is 28.7 Å². The Kier molecular flexibility index (Phi) is 7.41. The van der Waals surface area contributed by atoms with Gasteiger partial charge in [0.1, 0.15) is 11.4 Å². The maximum Gasteiger partial charge on any atom is 0.410 e. The van der Waals surface area contributed by atoms with Crippen molar-refractivity contribution in [3.63, 3.8) is 0 Å². The summed E-state index contributed by atoms with van der Waals surface area (Å²) in [5.74, 6) is -0.502. The molecule has 0 radical (unpaired) electrons. The number of hydrogen-bond donors (Lipinski definition) is 1. The van der Waals surface area contributed by atoms with E-state index in [2.05, 4.69) is 21.2 Å². The Balaban J connectivity index is 1.83. The molecule has 1 aromatic rings. The summed E-state index contributed by atoms with van der Waals surface area (Å²) in [6, 6.07) is 4.56. The summed E-state index contributed by atoms with van der Waals surface area (Å²) >= 11 is 3.28. The molecule has 27 heavy (non-hydrogen) atoms. The van der Waals surface area contributed by atoms with E-state index in [1.54, 1.807) is 17.0 Å². The van der Waals surface area contributed by atoms with E-state index in [4.69, 9.17) is 4.74 Å². The number of nitrogens with zero attached hydrogens (tertiary/aromatic N) is 1. The zero-order valence-electron chi connectivity index (χ0n) is 15.9. The largest absolute Gasteiger partial charge is 0.444 e. The number of hydrogen-bond acceptors (Lipinski definition) is 3. The third kappa shape index (κ3) is 7.33. The Morgan fingerprint density at radius 2 is 2.15 bits per heavy atom. The van der Waals surface area contributed by atoms with Crippen molar-refractivity contribution in [3.8, 4) is 0 Å². The smallest absolute Gasteiger partial charge is 0.410 e. The Morgan fingerprint density at radius 1 is 1.41 bits per heavy atom. The molecule has 0 aliphatic carbocycles. The topological polar surface area (TPSA) is 58.6 Å². The molecule has 1 fully saturated rings. The highest BCUT2D eigenvalue weighted by atomic mass is 79.9. The number of rotatable bonds is 4. The zero-order valence-corrected chi connectivity index (χ0v) is 17.5. The molecule has 1 saturated heterocycles. The van der Waals surface area contributed by atoms with Crippen LogP contribution < -0.4 is 5.32 Å². The Hall–Kier alpha value is -1.89. The molecule has 1 heterocycles. The van der Waals surface area contributed by atoms with Gasteiger partial charge >= 0.3 is 6.09 Å². The highest BCUT2D eigenvalue weighted by Gasteiger charge is 2.27. The van der Waals surface area contributed by atoms with Crippen LogP contribution in [-0.4, -0.2) is 42.1 Å². The number of halogens is 2. The van der Waals surface area contributed by atoms with Gasteiger partial charge in [-0.05, 0) is 63.8 Å². The molecular weight excluding hydrogens is 415 g/mol. The molecule has 1 aliphatic rings. The summed E-state index contributed by atoms with van der Waals surface area (Å²) in [6.07, 6.45) is 4.26. The minimum Gasteiger partial charge on any atom is -0.444 e. The summed E-state index contributed by atoms with van der Waals surface area (Å²) in [5.41, 5.74) is -0.182. The first-order valence-electron chi connectivity index (χ1n) is 9.03. The van der Waals surface area contributed by atoms with Gasteiger partial charge in [-0.25, -0.2) is 9.18 Å². The minimum absolute atomic E-state index is 0.172. The second-order valence-electron chi connectivity index (χ2n) is 7.68. The third-order valence-corrected chi connectivity index (χ3v) is 4.60. The van der Waals surface area contributed by atoms with Crippen molar-refractivity contribution in [3.05, 3.63) is 40.1 Å². The molecule has 0 aromatic heterocycles. The van der Waals surface area contributed by atoms with Crippen LogP contribution in [0.25, 0.3) is 6.08 Å². The second-order valence-corrected chi connectivity index (χ2v) is 8.59.